The van der Waals surface area contributed by atoms with Gasteiger partial charge < -0.3 is 10.5 Å². The number of benzene rings is 1. The molecule has 16 heavy (non-hydrogen) atoms. The van der Waals surface area contributed by atoms with Gasteiger partial charge in [0, 0.05) is 29.4 Å². The van der Waals surface area contributed by atoms with Gasteiger partial charge in [-0.05, 0) is 43.1 Å². The van der Waals surface area contributed by atoms with E-state index < -0.39 is 0 Å². The Labute approximate surface area is 107 Å². The second-order valence-electron chi connectivity index (χ2n) is 3.49. The van der Waals surface area contributed by atoms with Gasteiger partial charge in [0.15, 0.2) is 0 Å². The van der Waals surface area contributed by atoms with Crippen LogP contribution in [0.3, 0.4) is 0 Å². The summed E-state index contributed by atoms with van der Waals surface area (Å²) >= 11 is 7.81. The molecule has 0 heterocycles. The van der Waals surface area contributed by atoms with Crippen LogP contribution in [-0.2, 0) is 11.2 Å². The molecule has 0 saturated carbocycles. The fourth-order valence-electron chi connectivity index (χ4n) is 1.43. The number of halogens is 1. The molecular weight excluding hydrogens is 242 g/mol. The fraction of sp³-hybridized carbons (Fsp3) is 0.500. The van der Waals surface area contributed by atoms with Crippen LogP contribution in [0.25, 0.3) is 0 Å². The van der Waals surface area contributed by atoms with Crippen molar-refractivity contribution >= 4 is 23.4 Å². The van der Waals surface area contributed by atoms with Gasteiger partial charge in [-0.1, -0.05) is 11.6 Å². The molecule has 4 heteroatoms. The van der Waals surface area contributed by atoms with Gasteiger partial charge in [-0.15, -0.1) is 11.8 Å². The number of hydrogen-bond donors (Lipinski definition) is 1. The number of methoxy groups -OCH3 is 1. The average Bonchev–Trinajstić information content (AvgIpc) is 2.27. The second kappa shape index (κ2) is 7.96. The zero-order chi connectivity index (χ0) is 11.8. The quantitative estimate of drug-likeness (QED) is 0.604. The SMILES string of the molecule is COCCCSc1ccc(Cl)cc1CCN. The van der Waals surface area contributed by atoms with E-state index >= 15 is 0 Å². The normalized spacial score (nSPS) is 10.7. The van der Waals surface area contributed by atoms with Crippen molar-refractivity contribution in [2.24, 2.45) is 5.73 Å². The Hall–Kier alpha value is -0.220. The molecule has 0 atom stereocenters. The summed E-state index contributed by atoms with van der Waals surface area (Å²) in [6, 6.07) is 6.01. The Bertz CT molecular complexity index is 320. The summed E-state index contributed by atoms with van der Waals surface area (Å²) in [7, 11) is 1.73. The summed E-state index contributed by atoms with van der Waals surface area (Å²) in [6.45, 7) is 1.47. The molecule has 0 fully saturated rings. The number of nitrogens with two attached hydrogens (primary N) is 1. The molecule has 1 aromatic rings. The predicted molar refractivity (Wildman–Crippen MR) is 71.4 cm³/mol. The third-order valence-corrected chi connectivity index (χ3v) is 3.62. The molecule has 0 spiro atoms. The van der Waals surface area contributed by atoms with Gasteiger partial charge in [-0.2, -0.15) is 0 Å². The Morgan fingerprint density at radius 3 is 2.94 bits per heavy atom. The number of thioether (sulfide) groups is 1. The largest absolute Gasteiger partial charge is 0.385 e. The molecule has 0 aliphatic carbocycles. The van der Waals surface area contributed by atoms with Gasteiger partial charge in [0.2, 0.25) is 0 Å². The van der Waals surface area contributed by atoms with Crippen LogP contribution in [0, 0.1) is 0 Å². The molecule has 2 N–H and O–H groups in total. The molecule has 2 nitrogen and oxygen atoms in total. The van der Waals surface area contributed by atoms with Crippen molar-refractivity contribution in [1.29, 1.82) is 0 Å². The summed E-state index contributed by atoms with van der Waals surface area (Å²) < 4.78 is 5.02. The molecule has 0 aliphatic heterocycles. The lowest BCUT2D eigenvalue weighted by Crippen LogP contribution is -2.04. The maximum Gasteiger partial charge on any atom is 0.0470 e. The van der Waals surface area contributed by atoms with Crippen LogP contribution in [0.15, 0.2) is 23.1 Å². The van der Waals surface area contributed by atoms with Crippen LogP contribution >= 0.6 is 23.4 Å². The van der Waals surface area contributed by atoms with Crippen molar-refractivity contribution in [2.75, 3.05) is 26.0 Å². The smallest absolute Gasteiger partial charge is 0.0470 e. The molecule has 1 aromatic carbocycles. The molecule has 0 bridgehead atoms. The van der Waals surface area contributed by atoms with Crippen molar-refractivity contribution in [1.82, 2.24) is 0 Å². The highest BCUT2D eigenvalue weighted by Gasteiger charge is 2.03. The standard InChI is InChI=1S/C12H18ClNOS/c1-15-7-2-8-16-12-4-3-11(13)9-10(12)5-6-14/h3-4,9H,2,5-8,14H2,1H3. The topological polar surface area (TPSA) is 35.2 Å². The van der Waals surface area contributed by atoms with E-state index in [0.29, 0.717) is 6.54 Å². The van der Waals surface area contributed by atoms with E-state index in [1.165, 1.54) is 10.5 Å². The van der Waals surface area contributed by atoms with Gasteiger partial charge in [0.05, 0.1) is 0 Å². The summed E-state index contributed by atoms with van der Waals surface area (Å²) in [6.07, 6.45) is 1.94. The maximum atomic E-state index is 5.97. The van der Waals surface area contributed by atoms with E-state index in [0.717, 1.165) is 30.2 Å². The van der Waals surface area contributed by atoms with Crippen molar-refractivity contribution in [3.05, 3.63) is 28.8 Å². The van der Waals surface area contributed by atoms with Crippen molar-refractivity contribution in [3.63, 3.8) is 0 Å². The first-order valence-electron chi connectivity index (χ1n) is 5.38. The first kappa shape index (κ1) is 13.8. The second-order valence-corrected chi connectivity index (χ2v) is 5.06. The highest BCUT2D eigenvalue weighted by Crippen LogP contribution is 2.26. The first-order valence-corrected chi connectivity index (χ1v) is 6.74. The number of hydrogen-bond acceptors (Lipinski definition) is 3. The van der Waals surface area contributed by atoms with Gasteiger partial charge in [-0.3, -0.25) is 0 Å². The van der Waals surface area contributed by atoms with E-state index in [4.69, 9.17) is 22.1 Å². The minimum Gasteiger partial charge on any atom is -0.385 e. The van der Waals surface area contributed by atoms with Crippen molar-refractivity contribution in [2.45, 2.75) is 17.7 Å². The van der Waals surface area contributed by atoms with E-state index in [9.17, 15) is 0 Å². The maximum absolute atomic E-state index is 5.97. The van der Waals surface area contributed by atoms with E-state index in [1.54, 1.807) is 7.11 Å². The molecule has 0 amide bonds. The molecule has 1 rings (SSSR count). The lowest BCUT2D eigenvalue weighted by Gasteiger charge is -2.08. The average molecular weight is 260 g/mol. The van der Waals surface area contributed by atoms with E-state index in [-0.39, 0.29) is 0 Å². The third-order valence-electron chi connectivity index (χ3n) is 2.19. The first-order chi connectivity index (χ1) is 7.77. The third kappa shape index (κ3) is 4.74. The minimum absolute atomic E-state index is 0.659. The summed E-state index contributed by atoms with van der Waals surface area (Å²) in [5, 5.41) is 0.782. The Morgan fingerprint density at radius 2 is 2.25 bits per heavy atom. The van der Waals surface area contributed by atoms with Crippen molar-refractivity contribution < 1.29 is 4.74 Å². The lowest BCUT2D eigenvalue weighted by molar-refractivity contribution is 0.200. The zero-order valence-electron chi connectivity index (χ0n) is 9.54. The van der Waals surface area contributed by atoms with Crippen LogP contribution < -0.4 is 5.73 Å². The van der Waals surface area contributed by atoms with Gasteiger partial charge in [-0.25, -0.2) is 0 Å². The highest BCUT2D eigenvalue weighted by atomic mass is 35.5. The molecule has 0 aliphatic rings. The number of rotatable bonds is 7. The van der Waals surface area contributed by atoms with Crippen LogP contribution in [-0.4, -0.2) is 26.0 Å². The Morgan fingerprint density at radius 1 is 1.44 bits per heavy atom. The van der Waals surface area contributed by atoms with Crippen LogP contribution in [0.5, 0.6) is 0 Å². The summed E-state index contributed by atoms with van der Waals surface area (Å²) in [4.78, 5) is 1.28. The predicted octanol–water partition coefficient (Wildman–Crippen LogP) is 2.97. The Balaban J connectivity index is 2.56. The minimum atomic E-state index is 0.659. The molecule has 0 aromatic heterocycles. The molecular formula is C12H18ClNOS. The molecule has 0 saturated heterocycles. The van der Waals surface area contributed by atoms with Crippen LogP contribution in [0.1, 0.15) is 12.0 Å². The van der Waals surface area contributed by atoms with E-state index in [1.807, 2.05) is 23.9 Å². The van der Waals surface area contributed by atoms with E-state index in [2.05, 4.69) is 6.07 Å². The molecule has 90 valence electrons. The lowest BCUT2D eigenvalue weighted by atomic mass is 10.1. The van der Waals surface area contributed by atoms with Crippen LogP contribution in [0.4, 0.5) is 0 Å². The van der Waals surface area contributed by atoms with Gasteiger partial charge >= 0.3 is 0 Å². The monoisotopic (exact) mass is 259 g/mol. The molecule has 0 radical (unpaired) electrons. The number of ether oxygens (including phenoxy) is 1. The van der Waals surface area contributed by atoms with Crippen molar-refractivity contribution in [3.8, 4) is 0 Å². The van der Waals surface area contributed by atoms with Crippen LogP contribution in [0.2, 0.25) is 5.02 Å². The molecule has 0 unspecified atom stereocenters. The summed E-state index contributed by atoms with van der Waals surface area (Å²) in [5.74, 6) is 1.06. The summed E-state index contributed by atoms with van der Waals surface area (Å²) in [5.41, 5.74) is 6.83. The fourth-order valence-corrected chi connectivity index (χ4v) is 2.61. The zero-order valence-corrected chi connectivity index (χ0v) is 11.1. The van der Waals surface area contributed by atoms with Gasteiger partial charge in [0.25, 0.3) is 0 Å². The van der Waals surface area contributed by atoms with Gasteiger partial charge in [0.1, 0.15) is 0 Å². The highest BCUT2D eigenvalue weighted by molar-refractivity contribution is 7.99. The Kier molecular flexibility index (Phi) is 6.88.